The van der Waals surface area contributed by atoms with Gasteiger partial charge in [0.15, 0.2) is 0 Å². The van der Waals surface area contributed by atoms with Crippen LogP contribution in [0.5, 0.6) is 11.5 Å². The number of para-hydroxylation sites is 1. The van der Waals surface area contributed by atoms with Crippen LogP contribution >= 0.6 is 0 Å². The molecule has 3 aromatic rings. The molecule has 0 heterocycles. The average Bonchev–Trinajstić information content (AvgIpc) is 2.57. The molecule has 3 rings (SSSR count). The van der Waals surface area contributed by atoms with Crippen molar-refractivity contribution in [3.63, 3.8) is 0 Å². The molecule has 4 heteroatoms. The monoisotopic (exact) mass is 292 g/mol. The van der Waals surface area contributed by atoms with Crippen LogP contribution in [0.15, 0.2) is 70.9 Å². The summed E-state index contributed by atoms with van der Waals surface area (Å²) in [5.41, 5.74) is 1.45. The minimum Gasteiger partial charge on any atom is -0.506 e. The van der Waals surface area contributed by atoms with Crippen LogP contribution in [0.3, 0.4) is 0 Å². The normalized spacial score (nSPS) is 11.1. The molecule has 0 saturated heterocycles. The first-order valence-electron chi connectivity index (χ1n) is 6.99. The van der Waals surface area contributed by atoms with Crippen LogP contribution in [0.1, 0.15) is 5.56 Å². The lowest BCUT2D eigenvalue weighted by atomic mass is 10.1. The molecule has 0 aromatic heterocycles. The maximum absolute atomic E-state index is 10.0. The Balaban J connectivity index is 1.91. The van der Waals surface area contributed by atoms with E-state index in [0.29, 0.717) is 12.2 Å². The Morgan fingerprint density at radius 1 is 0.955 bits per heavy atom. The van der Waals surface area contributed by atoms with Crippen molar-refractivity contribution in [3.05, 3.63) is 66.2 Å². The topological polar surface area (TPSA) is 54.2 Å². The summed E-state index contributed by atoms with van der Waals surface area (Å²) in [6.45, 7) is 0.396. The Morgan fingerprint density at radius 2 is 1.73 bits per heavy atom. The van der Waals surface area contributed by atoms with Crippen LogP contribution in [0, 0.1) is 0 Å². The second kappa shape index (κ2) is 6.26. The number of rotatable bonds is 4. The van der Waals surface area contributed by atoms with Crippen LogP contribution in [0.4, 0.5) is 5.69 Å². The summed E-state index contributed by atoms with van der Waals surface area (Å²) in [4.78, 5) is 0. The van der Waals surface area contributed by atoms with Crippen molar-refractivity contribution in [2.45, 2.75) is 6.54 Å². The van der Waals surface area contributed by atoms with Crippen LogP contribution in [0.2, 0.25) is 0 Å². The molecule has 1 N–H and O–H groups in total. The summed E-state index contributed by atoms with van der Waals surface area (Å²) in [5.74, 6) is 0.908. The van der Waals surface area contributed by atoms with E-state index in [0.717, 1.165) is 22.1 Å². The molecule has 0 amide bonds. The van der Waals surface area contributed by atoms with Crippen molar-refractivity contribution < 1.29 is 9.84 Å². The fourth-order valence-corrected chi connectivity index (χ4v) is 2.36. The first kappa shape index (κ1) is 14.1. The average molecular weight is 292 g/mol. The summed E-state index contributed by atoms with van der Waals surface area (Å²) in [6, 6.07) is 19.0. The molecular formula is C18H16N2O2. The van der Waals surface area contributed by atoms with Crippen LogP contribution in [-0.2, 0) is 6.54 Å². The third-order valence-corrected chi connectivity index (χ3v) is 3.48. The van der Waals surface area contributed by atoms with Crippen LogP contribution < -0.4 is 4.74 Å². The first-order valence-corrected chi connectivity index (χ1v) is 6.99. The molecule has 0 saturated carbocycles. The quantitative estimate of drug-likeness (QED) is 0.700. The molecule has 0 radical (unpaired) electrons. The maximum atomic E-state index is 10.0. The number of phenolic OH excluding ortho intramolecular Hbond substituents is 1. The predicted octanol–water partition coefficient (Wildman–Crippen LogP) is 4.84. The molecule has 4 nitrogen and oxygen atoms in total. The van der Waals surface area contributed by atoms with Gasteiger partial charge in [-0.2, -0.15) is 10.2 Å². The van der Waals surface area contributed by atoms with Crippen molar-refractivity contribution in [2.75, 3.05) is 7.11 Å². The van der Waals surface area contributed by atoms with E-state index >= 15 is 0 Å². The van der Waals surface area contributed by atoms with E-state index in [2.05, 4.69) is 10.2 Å². The molecule has 110 valence electrons. The molecule has 0 aliphatic rings. The fourth-order valence-electron chi connectivity index (χ4n) is 2.36. The second-order valence-electron chi connectivity index (χ2n) is 4.87. The van der Waals surface area contributed by atoms with Gasteiger partial charge >= 0.3 is 0 Å². The van der Waals surface area contributed by atoms with Gasteiger partial charge < -0.3 is 9.84 Å². The van der Waals surface area contributed by atoms with E-state index < -0.39 is 0 Å². The number of hydrogen-bond acceptors (Lipinski definition) is 4. The zero-order valence-corrected chi connectivity index (χ0v) is 12.2. The van der Waals surface area contributed by atoms with Crippen LogP contribution in [0.25, 0.3) is 10.8 Å². The number of benzene rings is 3. The van der Waals surface area contributed by atoms with Crippen molar-refractivity contribution in [2.24, 2.45) is 10.2 Å². The number of ether oxygens (including phenoxy) is 1. The summed E-state index contributed by atoms with van der Waals surface area (Å²) in [7, 11) is 1.63. The van der Waals surface area contributed by atoms with Gasteiger partial charge in [-0.3, -0.25) is 0 Å². The molecule has 0 fully saturated rings. The summed E-state index contributed by atoms with van der Waals surface area (Å²) in [5, 5.41) is 20.4. The highest BCUT2D eigenvalue weighted by Crippen LogP contribution is 2.35. The number of hydrogen-bond donors (Lipinski definition) is 1. The van der Waals surface area contributed by atoms with E-state index in [9.17, 15) is 5.11 Å². The lowest BCUT2D eigenvalue weighted by Gasteiger charge is -2.05. The molecule has 3 aromatic carbocycles. The highest BCUT2D eigenvalue weighted by Gasteiger charge is 2.06. The Morgan fingerprint density at radius 3 is 2.59 bits per heavy atom. The van der Waals surface area contributed by atoms with Crippen LogP contribution in [-0.4, -0.2) is 12.2 Å². The molecule has 0 spiro atoms. The predicted molar refractivity (Wildman–Crippen MR) is 86.8 cm³/mol. The fraction of sp³-hybridized carbons (Fsp3) is 0.111. The Bertz CT molecular complexity index is 828. The van der Waals surface area contributed by atoms with Crippen molar-refractivity contribution >= 4 is 16.5 Å². The number of fused-ring (bicyclic) bond motifs is 1. The standard InChI is InChI=1S/C18H16N2O2/c1-22-17-9-5-3-7-14(17)12-19-20-18-15-8-4-2-6-13(15)10-11-16(18)21/h2-11,21H,12H2,1H3/b20-19+. The van der Waals surface area contributed by atoms with E-state index in [1.54, 1.807) is 13.2 Å². The Kier molecular flexibility index (Phi) is 4.01. The van der Waals surface area contributed by atoms with Gasteiger partial charge in [-0.25, -0.2) is 0 Å². The number of methoxy groups -OCH3 is 1. The van der Waals surface area contributed by atoms with Gasteiger partial charge in [0.1, 0.15) is 17.2 Å². The molecule has 0 atom stereocenters. The van der Waals surface area contributed by atoms with Gasteiger partial charge in [-0.1, -0.05) is 48.5 Å². The number of azo groups is 1. The summed E-state index contributed by atoms with van der Waals surface area (Å²) in [6.07, 6.45) is 0. The van der Waals surface area contributed by atoms with Crippen molar-refractivity contribution in [1.29, 1.82) is 0 Å². The highest BCUT2D eigenvalue weighted by atomic mass is 16.5. The van der Waals surface area contributed by atoms with Gasteiger partial charge in [-0.15, -0.1) is 0 Å². The molecule has 0 aliphatic heterocycles. The van der Waals surface area contributed by atoms with Gasteiger partial charge in [0.2, 0.25) is 0 Å². The molecular weight excluding hydrogens is 276 g/mol. The molecule has 22 heavy (non-hydrogen) atoms. The van der Waals surface area contributed by atoms with Gasteiger partial charge in [0.25, 0.3) is 0 Å². The first-order chi connectivity index (χ1) is 10.8. The largest absolute Gasteiger partial charge is 0.506 e. The van der Waals surface area contributed by atoms with E-state index in [1.807, 2.05) is 54.6 Å². The minimum atomic E-state index is 0.127. The number of aromatic hydroxyl groups is 1. The maximum Gasteiger partial charge on any atom is 0.143 e. The van der Waals surface area contributed by atoms with E-state index in [1.165, 1.54) is 0 Å². The molecule has 0 bridgehead atoms. The third-order valence-electron chi connectivity index (χ3n) is 3.48. The van der Waals surface area contributed by atoms with Crippen molar-refractivity contribution in [3.8, 4) is 11.5 Å². The Labute approximate surface area is 128 Å². The second-order valence-corrected chi connectivity index (χ2v) is 4.87. The van der Waals surface area contributed by atoms with Gasteiger partial charge in [0, 0.05) is 10.9 Å². The number of nitrogens with zero attached hydrogens (tertiary/aromatic N) is 2. The smallest absolute Gasteiger partial charge is 0.143 e. The lowest BCUT2D eigenvalue weighted by molar-refractivity contribution is 0.409. The van der Waals surface area contributed by atoms with E-state index in [-0.39, 0.29) is 5.75 Å². The zero-order chi connectivity index (χ0) is 15.4. The third kappa shape index (κ3) is 2.76. The lowest BCUT2D eigenvalue weighted by Crippen LogP contribution is -1.89. The number of phenols is 1. The summed E-state index contributed by atoms with van der Waals surface area (Å²) < 4.78 is 5.29. The van der Waals surface area contributed by atoms with Gasteiger partial charge in [0.05, 0.1) is 13.7 Å². The molecule has 0 aliphatic carbocycles. The minimum absolute atomic E-state index is 0.127. The molecule has 0 unspecified atom stereocenters. The highest BCUT2D eigenvalue weighted by molar-refractivity contribution is 5.95. The zero-order valence-electron chi connectivity index (χ0n) is 12.2. The SMILES string of the molecule is COc1ccccc1C/N=N/c1c(O)ccc2ccccc12. The Hall–Kier alpha value is -2.88. The van der Waals surface area contributed by atoms with E-state index in [4.69, 9.17) is 4.74 Å². The van der Waals surface area contributed by atoms with Crippen molar-refractivity contribution in [1.82, 2.24) is 0 Å². The summed E-state index contributed by atoms with van der Waals surface area (Å²) >= 11 is 0. The van der Waals surface area contributed by atoms with Gasteiger partial charge in [-0.05, 0) is 17.5 Å².